The van der Waals surface area contributed by atoms with Crippen LogP contribution in [0.5, 0.6) is 0 Å². The maximum absolute atomic E-state index is 12.0. The lowest BCUT2D eigenvalue weighted by atomic mass is 10.3. The molecule has 0 amide bonds. The van der Waals surface area contributed by atoms with E-state index in [1.165, 1.54) is 0 Å². The van der Waals surface area contributed by atoms with E-state index in [0.717, 1.165) is 24.1 Å². The zero-order valence-corrected chi connectivity index (χ0v) is 12.6. The predicted octanol–water partition coefficient (Wildman–Crippen LogP) is 2.70. The Kier molecular flexibility index (Phi) is 5.46. The molecule has 0 spiro atoms. The van der Waals surface area contributed by atoms with Crippen molar-refractivity contribution in [2.45, 2.75) is 18.7 Å². The fourth-order valence-corrected chi connectivity index (χ4v) is 3.23. The number of hydrogen-bond acceptors (Lipinski definition) is 3. The molecule has 0 saturated heterocycles. The highest BCUT2D eigenvalue weighted by Gasteiger charge is 2.18. The van der Waals surface area contributed by atoms with Gasteiger partial charge in [-0.2, -0.15) is 0 Å². The number of para-hydroxylation sites is 1. The summed E-state index contributed by atoms with van der Waals surface area (Å²) in [5, 5.41) is 0.821. The maximum atomic E-state index is 12.0. The van der Waals surface area contributed by atoms with Crippen LogP contribution in [-0.2, 0) is 9.84 Å². The first kappa shape index (κ1) is 14.5. The summed E-state index contributed by atoms with van der Waals surface area (Å²) in [6.07, 6.45) is 0. The molecule has 0 heterocycles. The second kappa shape index (κ2) is 6.40. The van der Waals surface area contributed by atoms with Gasteiger partial charge in [0, 0.05) is 18.4 Å². The van der Waals surface area contributed by atoms with Gasteiger partial charge in [0.2, 0.25) is 0 Å². The first-order valence-electron chi connectivity index (χ1n) is 5.69. The van der Waals surface area contributed by atoms with Crippen LogP contribution in [0.25, 0.3) is 0 Å². The van der Waals surface area contributed by atoms with Gasteiger partial charge in [-0.15, -0.1) is 0 Å². The Balaban J connectivity index is 3.24. The molecule has 0 bridgehead atoms. The molecule has 0 atom stereocenters. The molecule has 0 aromatic heterocycles. The molecule has 3 nitrogen and oxygen atoms in total. The van der Waals surface area contributed by atoms with Gasteiger partial charge in [0.1, 0.15) is 0 Å². The number of benzene rings is 1. The highest BCUT2D eigenvalue weighted by atomic mass is 79.9. The quantitative estimate of drug-likeness (QED) is 0.756. The highest BCUT2D eigenvalue weighted by molar-refractivity contribution is 9.09. The Hall–Kier alpha value is -0.550. The first-order valence-corrected chi connectivity index (χ1v) is 8.46. The van der Waals surface area contributed by atoms with E-state index in [2.05, 4.69) is 20.8 Å². The van der Waals surface area contributed by atoms with Crippen LogP contribution in [0, 0.1) is 0 Å². The molecule has 1 rings (SSSR count). The number of alkyl halides is 1. The highest BCUT2D eigenvalue weighted by Crippen LogP contribution is 2.25. The summed E-state index contributed by atoms with van der Waals surface area (Å²) in [7, 11) is -3.16. The van der Waals surface area contributed by atoms with Crippen molar-refractivity contribution < 1.29 is 8.42 Å². The summed E-state index contributed by atoms with van der Waals surface area (Å²) in [6, 6.07) is 7.20. The van der Waals surface area contributed by atoms with Gasteiger partial charge >= 0.3 is 0 Å². The van der Waals surface area contributed by atoms with Gasteiger partial charge in [-0.25, -0.2) is 8.42 Å². The number of halogens is 1. The van der Waals surface area contributed by atoms with E-state index in [0.29, 0.717) is 4.90 Å². The monoisotopic (exact) mass is 319 g/mol. The average Bonchev–Trinajstić information content (AvgIpc) is 2.36. The third-order valence-corrected chi connectivity index (χ3v) is 4.79. The number of sulfone groups is 1. The largest absolute Gasteiger partial charge is 0.370 e. The van der Waals surface area contributed by atoms with E-state index < -0.39 is 9.84 Å². The van der Waals surface area contributed by atoms with E-state index in [1.54, 1.807) is 19.1 Å². The topological polar surface area (TPSA) is 37.4 Å². The van der Waals surface area contributed by atoms with E-state index in [9.17, 15) is 8.42 Å². The zero-order valence-electron chi connectivity index (χ0n) is 10.2. The Morgan fingerprint density at radius 3 is 2.41 bits per heavy atom. The molecule has 0 unspecified atom stereocenters. The summed E-state index contributed by atoms with van der Waals surface area (Å²) >= 11 is 3.39. The lowest BCUT2D eigenvalue weighted by molar-refractivity contribution is 0.597. The van der Waals surface area contributed by atoms with E-state index >= 15 is 0 Å². The van der Waals surface area contributed by atoms with Crippen LogP contribution >= 0.6 is 15.9 Å². The van der Waals surface area contributed by atoms with Gasteiger partial charge in [0.05, 0.1) is 16.3 Å². The minimum atomic E-state index is -3.16. The van der Waals surface area contributed by atoms with Gasteiger partial charge in [0.15, 0.2) is 9.84 Å². The normalized spacial score (nSPS) is 11.5. The van der Waals surface area contributed by atoms with Gasteiger partial charge in [-0.1, -0.05) is 35.0 Å². The van der Waals surface area contributed by atoms with Gasteiger partial charge < -0.3 is 4.90 Å². The molecule has 96 valence electrons. The van der Waals surface area contributed by atoms with Crippen molar-refractivity contribution in [3.05, 3.63) is 24.3 Å². The summed E-state index contributed by atoms with van der Waals surface area (Å²) < 4.78 is 24.0. The molecule has 17 heavy (non-hydrogen) atoms. The van der Waals surface area contributed by atoms with Gasteiger partial charge in [0.25, 0.3) is 0 Å². The summed E-state index contributed by atoms with van der Waals surface area (Å²) in [4.78, 5) is 2.50. The lowest BCUT2D eigenvalue weighted by Gasteiger charge is -2.24. The zero-order chi connectivity index (χ0) is 12.9. The van der Waals surface area contributed by atoms with Crippen molar-refractivity contribution in [1.29, 1.82) is 0 Å². The second-order valence-corrected chi connectivity index (χ2v) is 6.68. The van der Waals surface area contributed by atoms with E-state index in [-0.39, 0.29) is 5.75 Å². The van der Waals surface area contributed by atoms with E-state index in [1.807, 2.05) is 19.1 Å². The number of hydrogen-bond donors (Lipinski definition) is 0. The molecular formula is C12H18BrNO2S. The summed E-state index contributed by atoms with van der Waals surface area (Å²) in [5.41, 5.74) is 0.802. The lowest BCUT2D eigenvalue weighted by Crippen LogP contribution is -2.26. The fourth-order valence-electron chi connectivity index (χ4n) is 1.69. The van der Waals surface area contributed by atoms with Crippen molar-refractivity contribution in [2.24, 2.45) is 0 Å². The molecule has 0 fully saturated rings. The third kappa shape index (κ3) is 3.45. The maximum Gasteiger partial charge on any atom is 0.180 e. The van der Waals surface area contributed by atoms with Crippen molar-refractivity contribution in [3.63, 3.8) is 0 Å². The van der Waals surface area contributed by atoms with Crippen molar-refractivity contribution in [2.75, 3.05) is 29.1 Å². The van der Waals surface area contributed by atoms with Crippen LogP contribution in [-0.4, -0.2) is 32.6 Å². The smallest absolute Gasteiger partial charge is 0.180 e. The third-order valence-electron chi connectivity index (χ3n) is 2.66. The standard InChI is InChI=1S/C12H18BrNO2S/c1-3-14(10-9-13)11-7-5-6-8-12(11)17(15,16)4-2/h5-8H,3-4,9-10H2,1-2H3. The Morgan fingerprint density at radius 1 is 1.24 bits per heavy atom. The van der Waals surface area contributed by atoms with Crippen LogP contribution < -0.4 is 4.90 Å². The number of rotatable bonds is 6. The SMILES string of the molecule is CCN(CCBr)c1ccccc1S(=O)(=O)CC. The van der Waals surface area contributed by atoms with Crippen LogP contribution in [0.2, 0.25) is 0 Å². The molecule has 0 aliphatic heterocycles. The van der Waals surface area contributed by atoms with Gasteiger partial charge in [-0.05, 0) is 19.1 Å². The Bertz CT molecular complexity index is 459. The predicted molar refractivity (Wildman–Crippen MR) is 75.8 cm³/mol. The average molecular weight is 320 g/mol. The Labute approximate surface area is 112 Å². The molecular weight excluding hydrogens is 302 g/mol. The van der Waals surface area contributed by atoms with Crippen LogP contribution in [0.4, 0.5) is 5.69 Å². The van der Waals surface area contributed by atoms with Crippen LogP contribution in [0.3, 0.4) is 0 Å². The minimum Gasteiger partial charge on any atom is -0.370 e. The molecule has 5 heteroatoms. The van der Waals surface area contributed by atoms with Crippen molar-refractivity contribution in [1.82, 2.24) is 0 Å². The Morgan fingerprint density at radius 2 is 1.88 bits per heavy atom. The summed E-state index contributed by atoms with van der Waals surface area (Å²) in [5.74, 6) is 0.135. The first-order chi connectivity index (χ1) is 8.06. The number of anilines is 1. The molecule has 1 aromatic rings. The summed E-state index contributed by atoms with van der Waals surface area (Å²) in [6.45, 7) is 5.29. The molecule has 0 radical (unpaired) electrons. The molecule has 0 N–H and O–H groups in total. The van der Waals surface area contributed by atoms with Crippen LogP contribution in [0.15, 0.2) is 29.2 Å². The van der Waals surface area contributed by atoms with Crippen LogP contribution in [0.1, 0.15) is 13.8 Å². The molecule has 0 saturated carbocycles. The van der Waals surface area contributed by atoms with E-state index in [4.69, 9.17) is 0 Å². The molecule has 0 aliphatic carbocycles. The van der Waals surface area contributed by atoms with Gasteiger partial charge in [-0.3, -0.25) is 0 Å². The fraction of sp³-hybridized carbons (Fsp3) is 0.500. The number of nitrogens with zero attached hydrogens (tertiary/aromatic N) is 1. The molecule has 0 aliphatic rings. The molecule has 1 aromatic carbocycles. The minimum absolute atomic E-state index is 0.135. The second-order valence-electron chi connectivity index (χ2n) is 3.64. The van der Waals surface area contributed by atoms with Crippen molar-refractivity contribution >= 4 is 31.5 Å². The van der Waals surface area contributed by atoms with Crippen molar-refractivity contribution in [3.8, 4) is 0 Å².